The van der Waals surface area contributed by atoms with E-state index in [0.29, 0.717) is 5.56 Å². The summed E-state index contributed by atoms with van der Waals surface area (Å²) in [6, 6.07) is 21.3. The zero-order valence-electron chi connectivity index (χ0n) is 14.2. The van der Waals surface area contributed by atoms with Crippen LogP contribution in [0.15, 0.2) is 73.1 Å². The molecule has 0 radical (unpaired) electrons. The highest BCUT2D eigenvalue weighted by molar-refractivity contribution is 5.96. The minimum atomic E-state index is -0.459. The van der Waals surface area contributed by atoms with Gasteiger partial charge in [-0.25, -0.2) is 4.98 Å². The fraction of sp³-hybridized carbons (Fsp3) is 0.0476. The molecular weight excluding hydrogens is 326 g/mol. The zero-order valence-corrected chi connectivity index (χ0v) is 14.2. The summed E-state index contributed by atoms with van der Waals surface area (Å²) < 4.78 is 7.46. The lowest BCUT2D eigenvalue weighted by Crippen LogP contribution is -2.10. The number of primary amides is 1. The van der Waals surface area contributed by atoms with E-state index in [0.717, 1.165) is 33.6 Å². The number of nitrogens with two attached hydrogens (primary N) is 1. The molecule has 0 unspecified atom stereocenters. The summed E-state index contributed by atoms with van der Waals surface area (Å²) in [5, 5.41) is 0. The Hall–Kier alpha value is -3.60. The van der Waals surface area contributed by atoms with Crippen LogP contribution >= 0.6 is 0 Å². The number of aromatic nitrogens is 2. The number of nitrogens with zero attached hydrogens (tertiary/aromatic N) is 2. The molecule has 4 rings (SSSR count). The maximum absolute atomic E-state index is 11.4. The lowest BCUT2D eigenvalue weighted by Gasteiger charge is -2.11. The average Bonchev–Trinajstić information content (AvgIpc) is 3.11. The van der Waals surface area contributed by atoms with Crippen molar-refractivity contribution in [2.75, 3.05) is 7.11 Å². The standard InChI is InChI=1S/C21H17N3O2/c1-26-20-8-3-2-7-17(20)14-5-4-6-16(11-14)24-13-23-18-12-15(21(22)25)9-10-19(18)24/h2-13H,1H3,(H2,22,25). The van der Waals surface area contributed by atoms with Crippen LogP contribution in [-0.4, -0.2) is 22.6 Å². The second-order valence-corrected chi connectivity index (χ2v) is 5.93. The molecule has 0 saturated carbocycles. The fourth-order valence-electron chi connectivity index (χ4n) is 3.08. The Morgan fingerprint density at radius 2 is 1.88 bits per heavy atom. The second-order valence-electron chi connectivity index (χ2n) is 5.93. The summed E-state index contributed by atoms with van der Waals surface area (Å²) in [5.74, 6) is 0.367. The van der Waals surface area contributed by atoms with Crippen molar-refractivity contribution in [2.45, 2.75) is 0 Å². The second kappa shape index (κ2) is 6.37. The number of hydrogen-bond acceptors (Lipinski definition) is 3. The molecule has 0 atom stereocenters. The van der Waals surface area contributed by atoms with E-state index in [1.807, 2.05) is 53.1 Å². The molecule has 3 aromatic carbocycles. The number of para-hydroxylation sites is 1. The van der Waals surface area contributed by atoms with Gasteiger partial charge in [0.25, 0.3) is 0 Å². The van der Waals surface area contributed by atoms with Crippen LogP contribution < -0.4 is 10.5 Å². The quantitative estimate of drug-likeness (QED) is 0.613. The number of hydrogen-bond donors (Lipinski definition) is 1. The third kappa shape index (κ3) is 2.69. The highest BCUT2D eigenvalue weighted by atomic mass is 16.5. The molecule has 0 fully saturated rings. The Morgan fingerprint density at radius 3 is 2.69 bits per heavy atom. The first-order chi connectivity index (χ1) is 12.7. The summed E-state index contributed by atoms with van der Waals surface area (Å²) in [7, 11) is 1.67. The summed E-state index contributed by atoms with van der Waals surface area (Å²) in [4.78, 5) is 15.8. The van der Waals surface area contributed by atoms with Crippen LogP contribution in [0.5, 0.6) is 5.75 Å². The first kappa shape index (κ1) is 15.9. The molecule has 0 aliphatic carbocycles. The molecule has 0 aliphatic rings. The van der Waals surface area contributed by atoms with E-state index in [-0.39, 0.29) is 0 Å². The highest BCUT2D eigenvalue weighted by Gasteiger charge is 2.10. The molecule has 1 amide bonds. The van der Waals surface area contributed by atoms with E-state index < -0.39 is 5.91 Å². The van der Waals surface area contributed by atoms with Crippen molar-refractivity contribution in [1.29, 1.82) is 0 Å². The summed E-state index contributed by atoms with van der Waals surface area (Å²) >= 11 is 0. The molecule has 0 bridgehead atoms. The maximum atomic E-state index is 11.4. The Labute approximate surface area is 150 Å². The first-order valence-electron chi connectivity index (χ1n) is 8.18. The SMILES string of the molecule is COc1ccccc1-c1cccc(-n2cnc3cc(C(N)=O)ccc32)c1. The van der Waals surface area contributed by atoms with Crippen molar-refractivity contribution < 1.29 is 9.53 Å². The van der Waals surface area contributed by atoms with E-state index in [9.17, 15) is 4.79 Å². The Kier molecular flexibility index (Phi) is 3.89. The fourth-order valence-corrected chi connectivity index (χ4v) is 3.08. The van der Waals surface area contributed by atoms with Gasteiger partial charge in [0.05, 0.1) is 18.1 Å². The summed E-state index contributed by atoms with van der Waals surface area (Å²) in [6.45, 7) is 0. The number of fused-ring (bicyclic) bond motifs is 1. The van der Waals surface area contributed by atoms with Gasteiger partial charge in [-0.05, 0) is 42.0 Å². The number of benzene rings is 3. The number of imidazole rings is 1. The van der Waals surface area contributed by atoms with E-state index in [2.05, 4.69) is 11.1 Å². The topological polar surface area (TPSA) is 70.1 Å². The van der Waals surface area contributed by atoms with Gasteiger partial charge in [0, 0.05) is 16.8 Å². The van der Waals surface area contributed by atoms with Crippen LogP contribution in [0.25, 0.3) is 27.8 Å². The van der Waals surface area contributed by atoms with Crippen molar-refractivity contribution in [1.82, 2.24) is 9.55 Å². The molecule has 2 N–H and O–H groups in total. The number of amides is 1. The van der Waals surface area contributed by atoms with E-state index in [1.54, 1.807) is 25.6 Å². The van der Waals surface area contributed by atoms with E-state index in [4.69, 9.17) is 10.5 Å². The van der Waals surface area contributed by atoms with Crippen LogP contribution in [0.2, 0.25) is 0 Å². The Bertz CT molecular complexity index is 1120. The number of methoxy groups -OCH3 is 1. The molecule has 128 valence electrons. The first-order valence-corrected chi connectivity index (χ1v) is 8.18. The van der Waals surface area contributed by atoms with Crippen molar-refractivity contribution in [2.24, 2.45) is 5.73 Å². The minimum absolute atomic E-state index is 0.450. The molecule has 0 aliphatic heterocycles. The molecule has 26 heavy (non-hydrogen) atoms. The Balaban J connectivity index is 1.82. The lowest BCUT2D eigenvalue weighted by atomic mass is 10.0. The molecule has 1 aromatic heterocycles. The largest absolute Gasteiger partial charge is 0.496 e. The molecule has 5 nitrogen and oxygen atoms in total. The molecule has 4 aromatic rings. The Morgan fingerprint density at radius 1 is 1.04 bits per heavy atom. The van der Waals surface area contributed by atoms with Gasteiger partial charge in [-0.2, -0.15) is 0 Å². The van der Waals surface area contributed by atoms with Gasteiger partial charge in [-0.15, -0.1) is 0 Å². The highest BCUT2D eigenvalue weighted by Crippen LogP contribution is 2.31. The minimum Gasteiger partial charge on any atom is -0.496 e. The van der Waals surface area contributed by atoms with Crippen molar-refractivity contribution in [3.63, 3.8) is 0 Å². The van der Waals surface area contributed by atoms with Crippen molar-refractivity contribution >= 4 is 16.9 Å². The third-order valence-corrected chi connectivity index (χ3v) is 4.37. The van der Waals surface area contributed by atoms with Gasteiger partial charge < -0.3 is 10.5 Å². The molecule has 1 heterocycles. The average molecular weight is 343 g/mol. The van der Waals surface area contributed by atoms with Crippen molar-refractivity contribution in [3.05, 3.63) is 78.6 Å². The van der Waals surface area contributed by atoms with E-state index >= 15 is 0 Å². The van der Waals surface area contributed by atoms with Crippen molar-refractivity contribution in [3.8, 4) is 22.6 Å². The normalized spacial score (nSPS) is 10.8. The van der Waals surface area contributed by atoms with Gasteiger partial charge in [0.2, 0.25) is 5.91 Å². The third-order valence-electron chi connectivity index (χ3n) is 4.37. The lowest BCUT2D eigenvalue weighted by molar-refractivity contribution is 0.100. The van der Waals surface area contributed by atoms with Crippen LogP contribution in [0.3, 0.4) is 0 Å². The van der Waals surface area contributed by atoms with Gasteiger partial charge >= 0.3 is 0 Å². The molecule has 5 heteroatoms. The summed E-state index contributed by atoms with van der Waals surface area (Å²) in [6.07, 6.45) is 1.75. The molecular formula is C21H17N3O2. The summed E-state index contributed by atoms with van der Waals surface area (Å²) in [5.41, 5.74) is 10.5. The van der Waals surface area contributed by atoms with Crippen LogP contribution in [0.1, 0.15) is 10.4 Å². The maximum Gasteiger partial charge on any atom is 0.248 e. The predicted octanol–water partition coefficient (Wildman–Crippen LogP) is 3.80. The van der Waals surface area contributed by atoms with Gasteiger partial charge in [-0.1, -0.05) is 30.3 Å². The monoisotopic (exact) mass is 343 g/mol. The van der Waals surface area contributed by atoms with Gasteiger partial charge in [0.1, 0.15) is 12.1 Å². The van der Waals surface area contributed by atoms with Crippen LogP contribution in [-0.2, 0) is 0 Å². The smallest absolute Gasteiger partial charge is 0.248 e. The molecule has 0 saturated heterocycles. The van der Waals surface area contributed by atoms with Gasteiger partial charge in [-0.3, -0.25) is 9.36 Å². The zero-order chi connectivity index (χ0) is 18.1. The van der Waals surface area contributed by atoms with Gasteiger partial charge in [0.15, 0.2) is 0 Å². The van der Waals surface area contributed by atoms with E-state index in [1.165, 1.54) is 0 Å². The van der Waals surface area contributed by atoms with Crippen LogP contribution in [0, 0.1) is 0 Å². The number of carbonyl (C=O) groups is 1. The van der Waals surface area contributed by atoms with Crippen LogP contribution in [0.4, 0.5) is 0 Å². The predicted molar refractivity (Wildman–Crippen MR) is 102 cm³/mol. The number of ether oxygens (including phenoxy) is 1. The number of carbonyl (C=O) groups excluding carboxylic acids is 1. The molecule has 0 spiro atoms. The number of rotatable bonds is 4.